The highest BCUT2D eigenvalue weighted by Crippen LogP contribution is 2.63. The molecular weight excluding hydrogens is 325 g/mol. The van der Waals surface area contributed by atoms with E-state index in [9.17, 15) is 18.0 Å². The maximum absolute atomic E-state index is 12.1. The molecule has 1 spiro atoms. The van der Waals surface area contributed by atoms with Crippen LogP contribution in [0.4, 0.5) is 18.9 Å². The van der Waals surface area contributed by atoms with Gasteiger partial charge in [0.05, 0.1) is 11.9 Å². The number of hydrogen-bond donors (Lipinski definition) is 2. The van der Waals surface area contributed by atoms with Gasteiger partial charge in [0.1, 0.15) is 0 Å². The molecule has 2 N–H and O–H groups in total. The van der Waals surface area contributed by atoms with Crippen LogP contribution < -0.4 is 5.32 Å². The quantitative estimate of drug-likeness (QED) is 0.860. The van der Waals surface area contributed by atoms with Gasteiger partial charge in [-0.15, -0.1) is 0 Å². The Bertz CT molecular complexity index is 608. The standard InChI is InChI=1S/C14H18N2O.C2HF3O2/c1-10-4-5-11(9-15-10)16-13(17)12-8-14(12)6-2-3-7-14;3-2(4,5)1(6)7/h4-5,9,12H,2-3,6-8H2,1H3,(H,16,17);(H,6,7). The van der Waals surface area contributed by atoms with Crippen LogP contribution in [0.5, 0.6) is 0 Å². The summed E-state index contributed by atoms with van der Waals surface area (Å²) in [6.45, 7) is 1.94. The van der Waals surface area contributed by atoms with E-state index in [1.165, 1.54) is 25.7 Å². The fraction of sp³-hybridized carbons (Fsp3) is 0.562. The minimum Gasteiger partial charge on any atom is -0.475 e. The van der Waals surface area contributed by atoms with Crippen molar-refractivity contribution in [2.45, 2.75) is 45.2 Å². The number of carboxylic acids is 1. The third kappa shape index (κ3) is 4.46. The highest BCUT2D eigenvalue weighted by molar-refractivity contribution is 5.95. The molecule has 1 aromatic heterocycles. The number of halogens is 3. The number of aromatic nitrogens is 1. The van der Waals surface area contributed by atoms with E-state index in [4.69, 9.17) is 9.90 Å². The van der Waals surface area contributed by atoms with E-state index in [0.29, 0.717) is 5.41 Å². The summed E-state index contributed by atoms with van der Waals surface area (Å²) in [5.74, 6) is -2.31. The zero-order valence-corrected chi connectivity index (χ0v) is 13.2. The topological polar surface area (TPSA) is 79.3 Å². The molecule has 8 heteroatoms. The van der Waals surface area contributed by atoms with Gasteiger partial charge in [-0.3, -0.25) is 9.78 Å². The largest absolute Gasteiger partial charge is 0.490 e. The van der Waals surface area contributed by atoms with Crippen molar-refractivity contribution < 1.29 is 27.9 Å². The molecule has 0 bridgehead atoms. The van der Waals surface area contributed by atoms with Crippen LogP contribution in [0.3, 0.4) is 0 Å². The van der Waals surface area contributed by atoms with Crippen LogP contribution >= 0.6 is 0 Å². The Kier molecular flexibility index (Phi) is 5.15. The van der Waals surface area contributed by atoms with Gasteiger partial charge in [-0.2, -0.15) is 13.2 Å². The van der Waals surface area contributed by atoms with Gasteiger partial charge in [0.25, 0.3) is 0 Å². The highest BCUT2D eigenvalue weighted by atomic mass is 19.4. The van der Waals surface area contributed by atoms with Gasteiger partial charge in [0.2, 0.25) is 5.91 Å². The number of amides is 1. The maximum atomic E-state index is 12.1. The first-order valence-electron chi connectivity index (χ1n) is 7.68. The SMILES string of the molecule is Cc1ccc(NC(=O)C2CC23CCCC3)cn1.O=C(O)C(F)(F)F. The number of carbonyl (C=O) groups excluding carboxylic acids is 1. The third-order valence-electron chi connectivity index (χ3n) is 4.53. The van der Waals surface area contributed by atoms with Crippen molar-refractivity contribution in [2.24, 2.45) is 11.3 Å². The summed E-state index contributed by atoms with van der Waals surface area (Å²) in [6.07, 6.45) is 2.84. The van der Waals surface area contributed by atoms with Crippen molar-refractivity contribution in [2.75, 3.05) is 5.32 Å². The van der Waals surface area contributed by atoms with E-state index in [0.717, 1.165) is 17.8 Å². The number of rotatable bonds is 2. The molecule has 0 aliphatic heterocycles. The number of carboxylic acid groups (broad SMARTS) is 1. The van der Waals surface area contributed by atoms with Crippen LogP contribution in [0.15, 0.2) is 18.3 Å². The minimum absolute atomic E-state index is 0.192. The smallest absolute Gasteiger partial charge is 0.475 e. The maximum Gasteiger partial charge on any atom is 0.490 e. The van der Waals surface area contributed by atoms with Crippen LogP contribution in [0.25, 0.3) is 0 Å². The number of aryl methyl sites for hydroxylation is 1. The predicted molar refractivity (Wildman–Crippen MR) is 80.3 cm³/mol. The second kappa shape index (κ2) is 6.78. The molecule has 2 saturated carbocycles. The lowest BCUT2D eigenvalue weighted by Gasteiger charge is -2.08. The Balaban J connectivity index is 0.000000256. The summed E-state index contributed by atoms with van der Waals surface area (Å²) >= 11 is 0. The summed E-state index contributed by atoms with van der Waals surface area (Å²) in [5, 5.41) is 10.1. The van der Waals surface area contributed by atoms with Crippen molar-refractivity contribution in [3.63, 3.8) is 0 Å². The van der Waals surface area contributed by atoms with Gasteiger partial charge in [-0.1, -0.05) is 12.8 Å². The Morgan fingerprint density at radius 2 is 1.88 bits per heavy atom. The summed E-state index contributed by atoms with van der Waals surface area (Å²) in [4.78, 5) is 25.2. The van der Waals surface area contributed by atoms with Gasteiger partial charge in [0, 0.05) is 11.6 Å². The van der Waals surface area contributed by atoms with Gasteiger partial charge in [-0.25, -0.2) is 4.79 Å². The fourth-order valence-electron chi connectivity index (χ4n) is 3.12. The summed E-state index contributed by atoms with van der Waals surface area (Å²) in [7, 11) is 0. The number of nitrogens with zero attached hydrogens (tertiary/aromatic N) is 1. The molecule has 0 radical (unpaired) electrons. The average Bonchev–Trinajstić information content (AvgIpc) is 2.99. The van der Waals surface area contributed by atoms with Crippen molar-refractivity contribution >= 4 is 17.6 Å². The molecule has 1 aromatic rings. The number of hydrogen-bond acceptors (Lipinski definition) is 3. The Morgan fingerprint density at radius 1 is 1.29 bits per heavy atom. The van der Waals surface area contributed by atoms with E-state index < -0.39 is 12.1 Å². The predicted octanol–water partition coefficient (Wildman–Crippen LogP) is 3.54. The summed E-state index contributed by atoms with van der Waals surface area (Å²) in [5.41, 5.74) is 2.17. The number of nitrogens with one attached hydrogen (secondary N) is 1. The van der Waals surface area contributed by atoms with Crippen LogP contribution in [0.2, 0.25) is 0 Å². The lowest BCUT2D eigenvalue weighted by Crippen LogP contribution is -2.21. The van der Waals surface area contributed by atoms with Crippen molar-refractivity contribution in [1.82, 2.24) is 4.98 Å². The van der Waals surface area contributed by atoms with Gasteiger partial charge < -0.3 is 10.4 Å². The monoisotopic (exact) mass is 344 g/mol. The van der Waals surface area contributed by atoms with E-state index in [1.807, 2.05) is 19.1 Å². The zero-order valence-electron chi connectivity index (χ0n) is 13.2. The first-order valence-corrected chi connectivity index (χ1v) is 7.68. The average molecular weight is 344 g/mol. The third-order valence-corrected chi connectivity index (χ3v) is 4.53. The van der Waals surface area contributed by atoms with Crippen LogP contribution in [0, 0.1) is 18.3 Å². The van der Waals surface area contributed by atoms with Crippen LogP contribution in [-0.2, 0) is 9.59 Å². The van der Waals surface area contributed by atoms with Gasteiger partial charge in [-0.05, 0) is 43.7 Å². The number of anilines is 1. The normalized spacial score (nSPS) is 20.9. The number of carbonyl (C=O) groups is 2. The van der Waals surface area contributed by atoms with Gasteiger partial charge >= 0.3 is 12.1 Å². The fourth-order valence-corrected chi connectivity index (χ4v) is 3.12. The number of alkyl halides is 3. The Morgan fingerprint density at radius 3 is 2.33 bits per heavy atom. The molecule has 2 aliphatic rings. The van der Waals surface area contributed by atoms with Crippen LogP contribution in [0.1, 0.15) is 37.8 Å². The van der Waals surface area contributed by atoms with E-state index >= 15 is 0 Å². The molecule has 3 rings (SSSR count). The molecule has 5 nitrogen and oxygen atoms in total. The lowest BCUT2D eigenvalue weighted by atomic mass is 10.0. The molecule has 1 amide bonds. The lowest BCUT2D eigenvalue weighted by molar-refractivity contribution is -0.192. The summed E-state index contributed by atoms with van der Waals surface area (Å²) in [6, 6.07) is 3.85. The second-order valence-corrected chi connectivity index (χ2v) is 6.31. The molecule has 24 heavy (non-hydrogen) atoms. The van der Waals surface area contributed by atoms with Crippen molar-refractivity contribution in [3.8, 4) is 0 Å². The molecule has 0 saturated heterocycles. The number of aliphatic carboxylic acids is 1. The van der Waals surface area contributed by atoms with E-state index in [1.54, 1.807) is 6.20 Å². The van der Waals surface area contributed by atoms with Crippen LogP contribution in [-0.4, -0.2) is 28.1 Å². The van der Waals surface area contributed by atoms with E-state index in [2.05, 4.69) is 10.3 Å². The first-order chi connectivity index (χ1) is 11.1. The molecule has 2 aliphatic carbocycles. The molecule has 0 aromatic carbocycles. The molecular formula is C16H19F3N2O3. The minimum atomic E-state index is -5.08. The van der Waals surface area contributed by atoms with E-state index in [-0.39, 0.29) is 11.8 Å². The Labute approximate surface area is 137 Å². The summed E-state index contributed by atoms with van der Waals surface area (Å²) < 4.78 is 31.7. The number of pyridine rings is 1. The molecule has 1 atom stereocenters. The molecule has 132 valence electrons. The zero-order chi connectivity index (χ0) is 18.0. The second-order valence-electron chi connectivity index (χ2n) is 6.31. The molecule has 2 fully saturated rings. The van der Waals surface area contributed by atoms with Crippen molar-refractivity contribution in [3.05, 3.63) is 24.0 Å². The van der Waals surface area contributed by atoms with Crippen molar-refractivity contribution in [1.29, 1.82) is 0 Å². The highest BCUT2D eigenvalue weighted by Gasteiger charge is 2.58. The molecule has 1 unspecified atom stereocenters. The first kappa shape index (κ1) is 18.2. The molecule has 1 heterocycles. The Hall–Kier alpha value is -2.12. The van der Waals surface area contributed by atoms with Gasteiger partial charge in [0.15, 0.2) is 0 Å².